The van der Waals surface area contributed by atoms with Crippen molar-refractivity contribution in [2.24, 2.45) is 0 Å². The summed E-state index contributed by atoms with van der Waals surface area (Å²) in [7, 11) is 0. The molecule has 1 atom stereocenters. The molecule has 0 aliphatic carbocycles. The number of carbonyl (C=O) groups is 1. The lowest BCUT2D eigenvalue weighted by atomic mass is 10.1. The molecular formula is C15H28O3. The molecule has 0 amide bonds. The van der Waals surface area contributed by atoms with E-state index in [0.29, 0.717) is 13.0 Å². The van der Waals surface area contributed by atoms with Crippen LogP contribution in [-0.2, 0) is 14.3 Å². The first-order chi connectivity index (χ1) is 8.83. The Labute approximate surface area is 111 Å². The zero-order chi connectivity index (χ0) is 13.1. The lowest BCUT2D eigenvalue weighted by Gasteiger charge is -2.03. The van der Waals surface area contributed by atoms with Crippen LogP contribution in [0.25, 0.3) is 0 Å². The van der Waals surface area contributed by atoms with Crippen molar-refractivity contribution in [3.8, 4) is 0 Å². The molecule has 0 N–H and O–H groups in total. The number of unbranched alkanes of at least 4 members (excludes halogenated alkanes) is 8. The van der Waals surface area contributed by atoms with Crippen LogP contribution in [-0.4, -0.2) is 25.3 Å². The summed E-state index contributed by atoms with van der Waals surface area (Å²) >= 11 is 0. The molecule has 1 rings (SSSR count). The Bertz CT molecular complexity index is 212. The van der Waals surface area contributed by atoms with Gasteiger partial charge < -0.3 is 9.47 Å². The van der Waals surface area contributed by atoms with E-state index in [1.165, 1.54) is 44.9 Å². The van der Waals surface area contributed by atoms with Crippen molar-refractivity contribution < 1.29 is 14.3 Å². The second-order valence-corrected chi connectivity index (χ2v) is 5.22. The smallest absolute Gasteiger partial charge is 0.305 e. The molecule has 0 bridgehead atoms. The lowest BCUT2D eigenvalue weighted by molar-refractivity contribution is -0.144. The zero-order valence-corrected chi connectivity index (χ0v) is 11.8. The minimum atomic E-state index is -0.0616. The van der Waals surface area contributed by atoms with Crippen LogP contribution in [0.4, 0.5) is 0 Å². The van der Waals surface area contributed by atoms with Crippen molar-refractivity contribution in [1.82, 2.24) is 0 Å². The quantitative estimate of drug-likeness (QED) is 0.302. The van der Waals surface area contributed by atoms with Crippen LogP contribution >= 0.6 is 0 Å². The molecular weight excluding hydrogens is 228 g/mol. The molecule has 0 aromatic rings. The van der Waals surface area contributed by atoms with E-state index in [-0.39, 0.29) is 12.1 Å². The fourth-order valence-electron chi connectivity index (χ4n) is 2.00. The summed E-state index contributed by atoms with van der Waals surface area (Å²) in [5, 5.41) is 0. The first kappa shape index (κ1) is 15.5. The zero-order valence-electron chi connectivity index (χ0n) is 11.8. The Morgan fingerprint density at radius 1 is 1.06 bits per heavy atom. The lowest BCUT2D eigenvalue weighted by Crippen LogP contribution is -2.09. The van der Waals surface area contributed by atoms with E-state index in [9.17, 15) is 4.79 Å². The average molecular weight is 256 g/mol. The highest BCUT2D eigenvalue weighted by atomic mass is 16.6. The fraction of sp³-hybridized carbons (Fsp3) is 0.933. The molecule has 1 fully saturated rings. The highest BCUT2D eigenvalue weighted by Crippen LogP contribution is 2.12. The molecule has 3 heteroatoms. The van der Waals surface area contributed by atoms with Crippen molar-refractivity contribution in [3.63, 3.8) is 0 Å². The van der Waals surface area contributed by atoms with E-state index in [2.05, 4.69) is 6.92 Å². The summed E-state index contributed by atoms with van der Waals surface area (Å²) in [5.41, 5.74) is 0. The van der Waals surface area contributed by atoms with Gasteiger partial charge in [0.15, 0.2) is 0 Å². The van der Waals surface area contributed by atoms with E-state index < -0.39 is 0 Å². The van der Waals surface area contributed by atoms with Gasteiger partial charge in [-0.3, -0.25) is 4.79 Å². The van der Waals surface area contributed by atoms with E-state index in [4.69, 9.17) is 9.47 Å². The highest BCUT2D eigenvalue weighted by molar-refractivity contribution is 5.69. The average Bonchev–Trinajstić information content (AvgIpc) is 3.18. The Morgan fingerprint density at radius 3 is 2.17 bits per heavy atom. The highest BCUT2D eigenvalue weighted by Gasteiger charge is 2.23. The summed E-state index contributed by atoms with van der Waals surface area (Å²) in [6, 6.07) is 0. The molecule has 18 heavy (non-hydrogen) atoms. The number of esters is 1. The second kappa shape index (κ2) is 10.4. The van der Waals surface area contributed by atoms with Crippen LogP contribution in [0.2, 0.25) is 0 Å². The van der Waals surface area contributed by atoms with Gasteiger partial charge in [-0.2, -0.15) is 0 Å². The minimum absolute atomic E-state index is 0.0616. The molecule has 1 heterocycles. The third-order valence-electron chi connectivity index (χ3n) is 3.32. The first-order valence-corrected chi connectivity index (χ1v) is 7.60. The number of hydrogen-bond acceptors (Lipinski definition) is 3. The molecule has 1 aliphatic rings. The topological polar surface area (TPSA) is 38.8 Å². The molecule has 0 spiro atoms. The van der Waals surface area contributed by atoms with Gasteiger partial charge in [-0.15, -0.1) is 0 Å². The summed E-state index contributed by atoms with van der Waals surface area (Å²) in [6.45, 7) is 3.45. The maximum Gasteiger partial charge on any atom is 0.305 e. The summed E-state index contributed by atoms with van der Waals surface area (Å²) in [4.78, 5) is 11.3. The summed E-state index contributed by atoms with van der Waals surface area (Å²) in [6.07, 6.45) is 12.2. The van der Waals surface area contributed by atoms with Crippen LogP contribution in [0.1, 0.15) is 71.1 Å². The SMILES string of the molecule is CCCCCCCCCCCC(=O)OC[C@@H]1CO1. The number of ether oxygens (including phenoxy) is 2. The number of epoxide rings is 1. The first-order valence-electron chi connectivity index (χ1n) is 7.60. The van der Waals surface area contributed by atoms with E-state index in [0.717, 1.165) is 19.4 Å². The number of hydrogen-bond donors (Lipinski definition) is 0. The molecule has 1 saturated heterocycles. The van der Waals surface area contributed by atoms with Gasteiger partial charge in [0.1, 0.15) is 12.7 Å². The molecule has 0 saturated carbocycles. The number of rotatable bonds is 12. The van der Waals surface area contributed by atoms with Gasteiger partial charge in [-0.1, -0.05) is 58.3 Å². The molecule has 0 aromatic carbocycles. The van der Waals surface area contributed by atoms with Crippen molar-refractivity contribution in [2.75, 3.05) is 13.2 Å². The maximum absolute atomic E-state index is 11.3. The van der Waals surface area contributed by atoms with E-state index >= 15 is 0 Å². The van der Waals surface area contributed by atoms with Crippen molar-refractivity contribution in [2.45, 2.75) is 77.2 Å². The normalized spacial score (nSPS) is 17.7. The third-order valence-corrected chi connectivity index (χ3v) is 3.32. The monoisotopic (exact) mass is 256 g/mol. The van der Waals surface area contributed by atoms with E-state index in [1.54, 1.807) is 0 Å². The fourth-order valence-corrected chi connectivity index (χ4v) is 2.00. The van der Waals surface area contributed by atoms with Gasteiger partial charge >= 0.3 is 5.97 Å². The maximum atomic E-state index is 11.3. The molecule has 3 nitrogen and oxygen atoms in total. The molecule has 1 aliphatic heterocycles. The van der Waals surface area contributed by atoms with Crippen LogP contribution in [0.15, 0.2) is 0 Å². The molecule has 0 radical (unpaired) electrons. The number of carbonyl (C=O) groups excluding carboxylic acids is 1. The van der Waals surface area contributed by atoms with Crippen molar-refractivity contribution in [3.05, 3.63) is 0 Å². The Morgan fingerprint density at radius 2 is 1.61 bits per heavy atom. The van der Waals surface area contributed by atoms with Gasteiger partial charge in [0, 0.05) is 6.42 Å². The van der Waals surface area contributed by atoms with Crippen molar-refractivity contribution >= 4 is 5.97 Å². The molecule has 0 unspecified atom stereocenters. The Hall–Kier alpha value is -0.570. The van der Waals surface area contributed by atoms with Gasteiger partial charge in [-0.05, 0) is 6.42 Å². The molecule has 106 valence electrons. The third kappa shape index (κ3) is 9.46. The van der Waals surface area contributed by atoms with Gasteiger partial charge in [-0.25, -0.2) is 0 Å². The van der Waals surface area contributed by atoms with Gasteiger partial charge in [0.05, 0.1) is 6.61 Å². The van der Waals surface area contributed by atoms with Crippen LogP contribution in [0, 0.1) is 0 Å². The van der Waals surface area contributed by atoms with Gasteiger partial charge in [0.25, 0.3) is 0 Å². The molecule has 0 aromatic heterocycles. The standard InChI is InChI=1S/C15H28O3/c1-2-3-4-5-6-7-8-9-10-11-15(16)18-13-14-12-17-14/h14H,2-13H2,1H3/t14-/m0/s1. The Kier molecular flexibility index (Phi) is 8.92. The van der Waals surface area contributed by atoms with Crippen LogP contribution in [0.3, 0.4) is 0 Å². The largest absolute Gasteiger partial charge is 0.463 e. The Balaban J connectivity index is 1.73. The predicted octanol–water partition coefficient (Wildman–Crippen LogP) is 3.85. The summed E-state index contributed by atoms with van der Waals surface area (Å²) < 4.78 is 10.1. The van der Waals surface area contributed by atoms with Crippen LogP contribution < -0.4 is 0 Å². The second-order valence-electron chi connectivity index (χ2n) is 5.22. The van der Waals surface area contributed by atoms with E-state index in [1.807, 2.05) is 0 Å². The van der Waals surface area contributed by atoms with Crippen molar-refractivity contribution in [1.29, 1.82) is 0 Å². The summed E-state index contributed by atoms with van der Waals surface area (Å²) in [5.74, 6) is -0.0616. The van der Waals surface area contributed by atoms with Gasteiger partial charge in [0.2, 0.25) is 0 Å². The minimum Gasteiger partial charge on any atom is -0.463 e. The predicted molar refractivity (Wildman–Crippen MR) is 72.5 cm³/mol. The van der Waals surface area contributed by atoms with Crippen LogP contribution in [0.5, 0.6) is 0 Å².